The van der Waals surface area contributed by atoms with Crippen LogP contribution in [0.1, 0.15) is 29.4 Å². The van der Waals surface area contributed by atoms with E-state index in [0.717, 1.165) is 11.5 Å². The number of carbonyl (C=O) groups excluding carboxylic acids is 3. The number of methoxy groups -OCH3 is 1. The van der Waals surface area contributed by atoms with Crippen molar-refractivity contribution < 1.29 is 19.1 Å². The van der Waals surface area contributed by atoms with E-state index in [0.29, 0.717) is 16.3 Å². The second kappa shape index (κ2) is 5.08. The Bertz CT molecular complexity index is 552. The molecule has 2 heterocycles. The van der Waals surface area contributed by atoms with Gasteiger partial charge in [-0.05, 0) is 25.4 Å². The summed E-state index contributed by atoms with van der Waals surface area (Å²) in [7, 11) is 1.30. The van der Waals surface area contributed by atoms with E-state index in [2.05, 4.69) is 9.11 Å². The number of rotatable bonds is 3. The molecule has 1 fully saturated rings. The molecule has 0 aliphatic carbocycles. The van der Waals surface area contributed by atoms with Crippen molar-refractivity contribution in [1.82, 2.24) is 4.37 Å². The van der Waals surface area contributed by atoms with Gasteiger partial charge in [0.05, 0.1) is 24.3 Å². The lowest BCUT2D eigenvalue weighted by atomic mass is 10.1. The molecule has 102 valence electrons. The maximum Gasteiger partial charge on any atom is 0.311 e. The van der Waals surface area contributed by atoms with Gasteiger partial charge in [-0.2, -0.15) is 4.37 Å². The highest BCUT2D eigenvalue weighted by molar-refractivity contribution is 7.11. The van der Waals surface area contributed by atoms with E-state index in [4.69, 9.17) is 0 Å². The lowest BCUT2D eigenvalue weighted by Crippen LogP contribution is -2.26. The first-order chi connectivity index (χ1) is 8.95. The van der Waals surface area contributed by atoms with Crippen LogP contribution in [0, 0.1) is 12.8 Å². The first-order valence-corrected chi connectivity index (χ1v) is 6.58. The second-order valence-electron chi connectivity index (χ2n) is 4.43. The third-order valence-electron chi connectivity index (χ3n) is 3.10. The van der Waals surface area contributed by atoms with Crippen LogP contribution >= 0.6 is 11.5 Å². The number of anilines is 1. The molecule has 2 rings (SSSR count). The Balaban J connectivity index is 2.31. The van der Waals surface area contributed by atoms with E-state index in [1.165, 1.54) is 18.9 Å². The smallest absolute Gasteiger partial charge is 0.311 e. The number of ketones is 1. The zero-order valence-electron chi connectivity index (χ0n) is 10.9. The van der Waals surface area contributed by atoms with Gasteiger partial charge in [0.15, 0.2) is 5.78 Å². The predicted molar refractivity (Wildman–Crippen MR) is 69.3 cm³/mol. The van der Waals surface area contributed by atoms with Gasteiger partial charge in [-0.3, -0.25) is 14.4 Å². The van der Waals surface area contributed by atoms with E-state index in [-0.39, 0.29) is 24.7 Å². The van der Waals surface area contributed by atoms with Crippen molar-refractivity contribution in [3.63, 3.8) is 0 Å². The maximum absolute atomic E-state index is 12.0. The molecular formula is C12H14N2O4S. The molecule has 0 aromatic carbocycles. The van der Waals surface area contributed by atoms with Crippen LogP contribution in [0.4, 0.5) is 5.00 Å². The van der Waals surface area contributed by atoms with Crippen molar-refractivity contribution in [1.29, 1.82) is 0 Å². The van der Waals surface area contributed by atoms with E-state index in [1.807, 2.05) is 0 Å². The number of ether oxygens (including phenoxy) is 1. The van der Waals surface area contributed by atoms with Gasteiger partial charge in [0.25, 0.3) is 0 Å². The highest BCUT2D eigenvalue weighted by atomic mass is 32.1. The molecule has 1 aliphatic rings. The Morgan fingerprint density at radius 2 is 2.16 bits per heavy atom. The van der Waals surface area contributed by atoms with Gasteiger partial charge in [0.2, 0.25) is 5.91 Å². The van der Waals surface area contributed by atoms with Crippen molar-refractivity contribution in [3.8, 4) is 0 Å². The summed E-state index contributed by atoms with van der Waals surface area (Å²) in [6, 6.07) is 0. The minimum atomic E-state index is -0.472. The van der Waals surface area contributed by atoms with Crippen molar-refractivity contribution >= 4 is 34.2 Å². The first-order valence-electron chi connectivity index (χ1n) is 5.81. The number of esters is 1. The summed E-state index contributed by atoms with van der Waals surface area (Å²) in [5, 5.41) is 0.529. The van der Waals surface area contributed by atoms with Crippen molar-refractivity contribution in [3.05, 3.63) is 11.3 Å². The van der Waals surface area contributed by atoms with Gasteiger partial charge in [0, 0.05) is 13.0 Å². The maximum atomic E-state index is 12.0. The number of aryl methyl sites for hydroxylation is 1. The molecule has 0 spiro atoms. The number of aromatic nitrogens is 1. The molecule has 6 nitrogen and oxygen atoms in total. The second-order valence-corrected chi connectivity index (χ2v) is 5.18. The molecule has 1 aromatic heterocycles. The zero-order chi connectivity index (χ0) is 14.2. The minimum absolute atomic E-state index is 0.112. The molecule has 19 heavy (non-hydrogen) atoms. The Morgan fingerprint density at radius 1 is 1.47 bits per heavy atom. The molecule has 1 amide bonds. The average Bonchev–Trinajstić information content (AvgIpc) is 2.91. The fourth-order valence-corrected chi connectivity index (χ4v) is 3.15. The lowest BCUT2D eigenvalue weighted by Gasteiger charge is -2.14. The van der Waals surface area contributed by atoms with Gasteiger partial charge in [-0.15, -0.1) is 0 Å². The van der Waals surface area contributed by atoms with E-state index < -0.39 is 11.9 Å². The fourth-order valence-electron chi connectivity index (χ4n) is 2.18. The molecule has 1 atom stereocenters. The quantitative estimate of drug-likeness (QED) is 0.614. The van der Waals surface area contributed by atoms with Crippen molar-refractivity contribution in [2.24, 2.45) is 5.92 Å². The molecule has 1 saturated heterocycles. The molecule has 0 saturated carbocycles. The van der Waals surface area contributed by atoms with Crippen LogP contribution in [0.25, 0.3) is 0 Å². The van der Waals surface area contributed by atoms with Gasteiger partial charge in [-0.25, -0.2) is 0 Å². The summed E-state index contributed by atoms with van der Waals surface area (Å²) < 4.78 is 8.77. The Labute approximate surface area is 114 Å². The normalized spacial score (nSPS) is 18.8. The highest BCUT2D eigenvalue weighted by Crippen LogP contribution is 2.33. The summed E-state index contributed by atoms with van der Waals surface area (Å²) >= 11 is 1.11. The summed E-state index contributed by atoms with van der Waals surface area (Å²) in [5.74, 6) is -1.18. The van der Waals surface area contributed by atoms with E-state index in [1.54, 1.807) is 6.92 Å². The largest absolute Gasteiger partial charge is 0.469 e. The topological polar surface area (TPSA) is 76.6 Å². The summed E-state index contributed by atoms with van der Waals surface area (Å²) in [4.78, 5) is 36.5. The summed E-state index contributed by atoms with van der Waals surface area (Å²) in [5.41, 5.74) is 1.07. The van der Waals surface area contributed by atoms with Gasteiger partial charge in [-0.1, -0.05) is 0 Å². The third-order valence-corrected chi connectivity index (χ3v) is 4.06. The van der Waals surface area contributed by atoms with Gasteiger partial charge in [0.1, 0.15) is 5.00 Å². The molecule has 0 bridgehead atoms. The predicted octanol–water partition coefficient (Wildman–Crippen LogP) is 1.18. The number of hydrogen-bond acceptors (Lipinski definition) is 6. The summed E-state index contributed by atoms with van der Waals surface area (Å²) in [6.07, 6.45) is 0.112. The van der Waals surface area contributed by atoms with Crippen LogP contribution in [0.15, 0.2) is 0 Å². The standard InChI is InChI=1S/C12H14N2O4S/c1-6-10(7(2)15)11(19-13-6)14-5-8(4-9(14)16)12(17)18-3/h8H,4-5H2,1-3H3. The van der Waals surface area contributed by atoms with Crippen LogP contribution < -0.4 is 4.90 Å². The minimum Gasteiger partial charge on any atom is -0.469 e. The van der Waals surface area contributed by atoms with Crippen LogP contribution in [0.2, 0.25) is 0 Å². The van der Waals surface area contributed by atoms with Crippen LogP contribution in [0.5, 0.6) is 0 Å². The van der Waals surface area contributed by atoms with Crippen LogP contribution in [0.3, 0.4) is 0 Å². The molecular weight excluding hydrogens is 268 g/mol. The lowest BCUT2D eigenvalue weighted by molar-refractivity contribution is -0.145. The molecule has 0 N–H and O–H groups in total. The molecule has 7 heteroatoms. The SMILES string of the molecule is COC(=O)C1CC(=O)N(c2snc(C)c2C(C)=O)C1. The van der Waals surface area contributed by atoms with Crippen LogP contribution in [-0.4, -0.2) is 35.7 Å². The molecule has 1 aliphatic heterocycles. The van der Waals surface area contributed by atoms with E-state index >= 15 is 0 Å². The first kappa shape index (κ1) is 13.7. The van der Waals surface area contributed by atoms with Crippen LogP contribution in [-0.2, 0) is 14.3 Å². The molecule has 1 aromatic rings. The zero-order valence-corrected chi connectivity index (χ0v) is 11.7. The third kappa shape index (κ3) is 2.37. The van der Waals surface area contributed by atoms with Gasteiger partial charge < -0.3 is 9.64 Å². The Hall–Kier alpha value is -1.76. The monoisotopic (exact) mass is 282 g/mol. The molecule has 1 unspecified atom stereocenters. The molecule has 0 radical (unpaired) electrons. The number of amides is 1. The highest BCUT2D eigenvalue weighted by Gasteiger charge is 2.38. The fraction of sp³-hybridized carbons (Fsp3) is 0.500. The number of hydrogen-bond donors (Lipinski definition) is 0. The average molecular weight is 282 g/mol. The Kier molecular flexibility index (Phi) is 3.66. The van der Waals surface area contributed by atoms with E-state index in [9.17, 15) is 14.4 Å². The Morgan fingerprint density at radius 3 is 2.74 bits per heavy atom. The number of nitrogens with zero attached hydrogens (tertiary/aromatic N) is 2. The van der Waals surface area contributed by atoms with Crippen molar-refractivity contribution in [2.75, 3.05) is 18.6 Å². The number of carbonyl (C=O) groups is 3. The van der Waals surface area contributed by atoms with Crippen molar-refractivity contribution in [2.45, 2.75) is 20.3 Å². The van der Waals surface area contributed by atoms with Gasteiger partial charge >= 0.3 is 5.97 Å². The number of Topliss-reactive ketones (excluding diaryl/α,β-unsaturated/α-hetero) is 1. The summed E-state index contributed by atoms with van der Waals surface area (Å²) in [6.45, 7) is 3.42.